The number of nitrogens with one attached hydrogen (secondary N) is 1. The molecule has 0 saturated heterocycles. The number of nitrogens with zero attached hydrogens (tertiary/aromatic N) is 2. The smallest absolute Gasteiger partial charge is 0.343 e. The Labute approximate surface area is 132 Å². The monoisotopic (exact) mass is 313 g/mol. The number of carbonyl (C=O) groups is 1. The summed E-state index contributed by atoms with van der Waals surface area (Å²) in [6.45, 7) is 10.3. The fraction of sp³-hybridized carbons (Fsp3) is 0.667. The first kappa shape index (κ1) is 19.7. The number of hydrogen-bond acceptors (Lipinski definition) is 6. The zero-order valence-corrected chi connectivity index (χ0v) is 14.7. The van der Waals surface area contributed by atoms with Crippen molar-refractivity contribution in [2.45, 2.75) is 58.7 Å². The SMILES string of the molecule is CC.CCOC(=O)c1cnc(SC)nc1NC(CC)CC. The first-order valence-corrected chi connectivity index (χ1v) is 8.73. The molecule has 1 N–H and O–H groups in total. The van der Waals surface area contributed by atoms with Crippen LogP contribution in [0.15, 0.2) is 11.4 Å². The average molecular weight is 313 g/mol. The van der Waals surface area contributed by atoms with Gasteiger partial charge in [0.2, 0.25) is 0 Å². The standard InChI is InChI=1S/C13H21N3O2S.C2H6/c1-5-9(6-2)15-11-10(12(17)18-7-3)8-14-13(16-11)19-4;1-2/h8-9H,5-7H2,1-4H3,(H,14,15,16);1-2H3. The predicted octanol–water partition coefficient (Wildman–Crippen LogP) is 4.00. The van der Waals surface area contributed by atoms with Crippen LogP contribution in [0, 0.1) is 0 Å². The van der Waals surface area contributed by atoms with Crippen LogP contribution in [0.4, 0.5) is 5.82 Å². The lowest BCUT2D eigenvalue weighted by atomic mass is 10.1. The van der Waals surface area contributed by atoms with Crippen molar-refractivity contribution in [3.05, 3.63) is 11.8 Å². The quantitative estimate of drug-likeness (QED) is 0.466. The first-order valence-electron chi connectivity index (χ1n) is 7.50. The van der Waals surface area contributed by atoms with Crippen LogP contribution in [0.25, 0.3) is 0 Å². The maximum atomic E-state index is 11.9. The molecular formula is C15H27N3O2S. The van der Waals surface area contributed by atoms with Crippen LogP contribution in [0.5, 0.6) is 0 Å². The van der Waals surface area contributed by atoms with E-state index < -0.39 is 0 Å². The lowest BCUT2D eigenvalue weighted by molar-refractivity contribution is 0.0526. The number of rotatable bonds is 7. The maximum absolute atomic E-state index is 11.9. The van der Waals surface area contributed by atoms with Gasteiger partial charge < -0.3 is 10.1 Å². The highest BCUT2D eigenvalue weighted by Crippen LogP contribution is 2.19. The summed E-state index contributed by atoms with van der Waals surface area (Å²) in [5.41, 5.74) is 0.395. The van der Waals surface area contributed by atoms with Gasteiger partial charge in [0.15, 0.2) is 5.16 Å². The van der Waals surface area contributed by atoms with Crippen molar-refractivity contribution in [1.29, 1.82) is 0 Å². The van der Waals surface area contributed by atoms with E-state index in [9.17, 15) is 4.79 Å². The molecule has 0 atom stereocenters. The second kappa shape index (κ2) is 11.4. The highest BCUT2D eigenvalue weighted by Gasteiger charge is 2.17. The van der Waals surface area contributed by atoms with Gasteiger partial charge in [-0.2, -0.15) is 0 Å². The third kappa shape index (κ3) is 6.33. The normalized spacial score (nSPS) is 9.86. The third-order valence-electron chi connectivity index (χ3n) is 2.77. The number of ether oxygens (including phenoxy) is 1. The molecule has 0 radical (unpaired) electrons. The van der Waals surface area contributed by atoms with Crippen molar-refractivity contribution < 1.29 is 9.53 Å². The van der Waals surface area contributed by atoms with Gasteiger partial charge in [0.25, 0.3) is 0 Å². The van der Waals surface area contributed by atoms with E-state index in [0.29, 0.717) is 23.1 Å². The molecule has 0 aliphatic rings. The van der Waals surface area contributed by atoms with Gasteiger partial charge in [-0.1, -0.05) is 39.5 Å². The summed E-state index contributed by atoms with van der Waals surface area (Å²) in [7, 11) is 0. The van der Waals surface area contributed by atoms with Gasteiger partial charge >= 0.3 is 5.97 Å². The van der Waals surface area contributed by atoms with Gasteiger partial charge in [0, 0.05) is 12.2 Å². The lowest BCUT2D eigenvalue weighted by Gasteiger charge is -2.17. The minimum atomic E-state index is -0.386. The van der Waals surface area contributed by atoms with Gasteiger partial charge in [-0.15, -0.1) is 0 Å². The second-order valence-corrected chi connectivity index (χ2v) is 4.77. The molecule has 21 heavy (non-hydrogen) atoms. The number of aromatic nitrogens is 2. The number of carbonyl (C=O) groups excluding carboxylic acids is 1. The van der Waals surface area contributed by atoms with Crippen molar-refractivity contribution in [1.82, 2.24) is 9.97 Å². The summed E-state index contributed by atoms with van der Waals surface area (Å²) < 4.78 is 5.03. The summed E-state index contributed by atoms with van der Waals surface area (Å²) in [6, 6.07) is 0.290. The molecule has 0 spiro atoms. The Bertz CT molecular complexity index is 423. The molecule has 1 aromatic heterocycles. The summed E-state index contributed by atoms with van der Waals surface area (Å²) in [6.07, 6.45) is 5.37. The molecular weight excluding hydrogens is 286 g/mol. The van der Waals surface area contributed by atoms with Crippen molar-refractivity contribution in [2.24, 2.45) is 0 Å². The van der Waals surface area contributed by atoms with Gasteiger partial charge in [-0.3, -0.25) is 0 Å². The zero-order valence-electron chi connectivity index (χ0n) is 13.9. The summed E-state index contributed by atoms with van der Waals surface area (Å²) in [4.78, 5) is 20.4. The van der Waals surface area contributed by atoms with Crippen LogP contribution in [0.2, 0.25) is 0 Å². The minimum Gasteiger partial charge on any atom is -0.462 e. The number of thioether (sulfide) groups is 1. The molecule has 6 heteroatoms. The zero-order chi connectivity index (χ0) is 16.3. The first-order chi connectivity index (χ1) is 10.2. The third-order valence-corrected chi connectivity index (χ3v) is 3.33. The molecule has 0 amide bonds. The molecule has 0 aliphatic carbocycles. The predicted molar refractivity (Wildman–Crippen MR) is 89.1 cm³/mol. The highest BCUT2D eigenvalue weighted by molar-refractivity contribution is 7.98. The van der Waals surface area contributed by atoms with E-state index in [1.807, 2.05) is 20.1 Å². The molecule has 0 saturated carbocycles. The van der Waals surface area contributed by atoms with E-state index in [4.69, 9.17) is 4.74 Å². The van der Waals surface area contributed by atoms with Crippen LogP contribution < -0.4 is 5.32 Å². The molecule has 0 fully saturated rings. The van der Waals surface area contributed by atoms with E-state index in [2.05, 4.69) is 29.1 Å². The van der Waals surface area contributed by atoms with Crippen LogP contribution >= 0.6 is 11.8 Å². The molecule has 0 bridgehead atoms. The molecule has 5 nitrogen and oxygen atoms in total. The molecule has 1 rings (SSSR count). The van der Waals surface area contributed by atoms with Gasteiger partial charge in [-0.05, 0) is 26.0 Å². The van der Waals surface area contributed by atoms with E-state index in [1.54, 1.807) is 6.92 Å². The van der Waals surface area contributed by atoms with Crippen molar-refractivity contribution in [3.63, 3.8) is 0 Å². The fourth-order valence-electron chi connectivity index (χ4n) is 1.62. The topological polar surface area (TPSA) is 64.1 Å². The van der Waals surface area contributed by atoms with Gasteiger partial charge in [0.1, 0.15) is 11.4 Å². The molecule has 0 aliphatic heterocycles. The average Bonchev–Trinajstić information content (AvgIpc) is 2.54. The largest absolute Gasteiger partial charge is 0.462 e. The van der Waals surface area contributed by atoms with Crippen LogP contribution in [0.1, 0.15) is 57.8 Å². The summed E-state index contributed by atoms with van der Waals surface area (Å²) in [5, 5.41) is 3.94. The summed E-state index contributed by atoms with van der Waals surface area (Å²) >= 11 is 1.44. The Hall–Kier alpha value is -1.30. The highest BCUT2D eigenvalue weighted by atomic mass is 32.2. The van der Waals surface area contributed by atoms with Crippen LogP contribution in [-0.4, -0.2) is 34.8 Å². The second-order valence-electron chi connectivity index (χ2n) is 4.00. The van der Waals surface area contributed by atoms with E-state index in [-0.39, 0.29) is 12.0 Å². The van der Waals surface area contributed by atoms with E-state index >= 15 is 0 Å². The molecule has 0 aromatic carbocycles. The molecule has 0 unspecified atom stereocenters. The number of hydrogen-bond donors (Lipinski definition) is 1. The summed E-state index contributed by atoms with van der Waals surface area (Å²) in [5.74, 6) is 0.176. The lowest BCUT2D eigenvalue weighted by Crippen LogP contribution is -2.21. The van der Waals surface area contributed by atoms with Crippen molar-refractivity contribution in [2.75, 3.05) is 18.2 Å². The van der Waals surface area contributed by atoms with Crippen LogP contribution in [-0.2, 0) is 4.74 Å². The van der Waals surface area contributed by atoms with Gasteiger partial charge in [-0.25, -0.2) is 14.8 Å². The maximum Gasteiger partial charge on any atom is 0.343 e. The van der Waals surface area contributed by atoms with Crippen LogP contribution in [0.3, 0.4) is 0 Å². The number of anilines is 1. The molecule has 1 aromatic rings. The molecule has 120 valence electrons. The number of esters is 1. The Balaban J connectivity index is 0.00000191. The van der Waals surface area contributed by atoms with Crippen molar-refractivity contribution in [3.8, 4) is 0 Å². The Kier molecular flexibility index (Phi) is 10.7. The Morgan fingerprint density at radius 1 is 1.33 bits per heavy atom. The van der Waals surface area contributed by atoms with E-state index in [1.165, 1.54) is 18.0 Å². The molecule has 1 heterocycles. The Morgan fingerprint density at radius 3 is 2.43 bits per heavy atom. The fourth-order valence-corrected chi connectivity index (χ4v) is 1.96. The van der Waals surface area contributed by atoms with Crippen molar-refractivity contribution >= 4 is 23.5 Å². The minimum absolute atomic E-state index is 0.290. The van der Waals surface area contributed by atoms with Gasteiger partial charge in [0.05, 0.1) is 6.61 Å². The van der Waals surface area contributed by atoms with E-state index in [0.717, 1.165) is 12.8 Å². The Morgan fingerprint density at radius 2 is 1.95 bits per heavy atom.